The van der Waals surface area contributed by atoms with E-state index >= 15 is 0 Å². The second-order valence-electron chi connectivity index (χ2n) is 5.13. The lowest BCUT2D eigenvalue weighted by Gasteiger charge is -2.35. The zero-order valence-corrected chi connectivity index (χ0v) is 11.9. The Kier molecular flexibility index (Phi) is 4.20. The van der Waals surface area contributed by atoms with E-state index in [1.807, 2.05) is 0 Å². The van der Waals surface area contributed by atoms with Crippen molar-refractivity contribution in [2.24, 2.45) is 11.7 Å². The monoisotopic (exact) mass is 281 g/mol. The van der Waals surface area contributed by atoms with Gasteiger partial charge in [-0.25, -0.2) is 0 Å². The first-order valence-corrected chi connectivity index (χ1v) is 7.04. The minimum Gasteiger partial charge on any atom is -0.399 e. The highest BCUT2D eigenvalue weighted by Crippen LogP contribution is 2.35. The smallest absolute Gasteiger partial charge is 0.250 e. The molecule has 0 aliphatic carbocycles. The quantitative estimate of drug-likeness (QED) is 0.837. The molecular formula is C14H20ClN3O. The molecule has 1 aromatic rings. The minimum atomic E-state index is -0.483. The van der Waals surface area contributed by atoms with E-state index in [0.717, 1.165) is 31.6 Å². The van der Waals surface area contributed by atoms with Gasteiger partial charge in [-0.05, 0) is 30.9 Å². The molecule has 1 amide bonds. The summed E-state index contributed by atoms with van der Waals surface area (Å²) in [7, 11) is 0. The fraction of sp³-hybridized carbons (Fsp3) is 0.500. The second-order valence-corrected chi connectivity index (χ2v) is 5.53. The first-order valence-electron chi connectivity index (χ1n) is 6.66. The van der Waals surface area contributed by atoms with Gasteiger partial charge in [-0.1, -0.05) is 24.9 Å². The van der Waals surface area contributed by atoms with E-state index in [-0.39, 0.29) is 0 Å². The zero-order chi connectivity index (χ0) is 14.0. The lowest BCUT2D eigenvalue weighted by Crippen LogP contribution is -2.36. The number of hydrogen-bond acceptors (Lipinski definition) is 3. The Hall–Kier alpha value is -1.42. The molecule has 0 spiro atoms. The van der Waals surface area contributed by atoms with E-state index in [2.05, 4.69) is 11.8 Å². The molecule has 1 aliphatic rings. The first-order chi connectivity index (χ1) is 9.02. The third kappa shape index (κ3) is 2.95. The molecule has 0 aromatic heterocycles. The van der Waals surface area contributed by atoms with Crippen molar-refractivity contribution < 1.29 is 4.79 Å². The van der Waals surface area contributed by atoms with Gasteiger partial charge in [0.2, 0.25) is 0 Å². The Morgan fingerprint density at radius 2 is 2.26 bits per heavy atom. The Morgan fingerprint density at radius 1 is 1.53 bits per heavy atom. The van der Waals surface area contributed by atoms with Gasteiger partial charge in [-0.3, -0.25) is 4.79 Å². The van der Waals surface area contributed by atoms with Gasteiger partial charge < -0.3 is 16.4 Å². The second kappa shape index (κ2) is 5.70. The molecule has 2 rings (SSSR count). The van der Waals surface area contributed by atoms with Gasteiger partial charge in [-0.15, -0.1) is 0 Å². The van der Waals surface area contributed by atoms with Crippen LogP contribution < -0.4 is 16.4 Å². The van der Waals surface area contributed by atoms with Crippen molar-refractivity contribution in [1.29, 1.82) is 0 Å². The molecule has 1 heterocycles. The average Bonchev–Trinajstić information content (AvgIpc) is 2.37. The SMILES string of the molecule is CCC1CCCN(c2c(Cl)cc(N)cc2C(N)=O)C1. The number of piperidine rings is 1. The third-order valence-corrected chi connectivity index (χ3v) is 4.05. The van der Waals surface area contributed by atoms with Crippen LogP contribution in [0.5, 0.6) is 0 Å². The van der Waals surface area contributed by atoms with Gasteiger partial charge in [0.15, 0.2) is 0 Å². The van der Waals surface area contributed by atoms with Crippen LogP contribution in [0.3, 0.4) is 0 Å². The van der Waals surface area contributed by atoms with Crippen molar-refractivity contribution >= 4 is 28.9 Å². The molecule has 0 saturated carbocycles. The Balaban J connectivity index is 2.40. The number of carbonyl (C=O) groups excluding carboxylic acids is 1. The number of primary amides is 1. The largest absolute Gasteiger partial charge is 0.399 e. The Bertz CT molecular complexity index is 490. The lowest BCUT2D eigenvalue weighted by atomic mass is 9.94. The maximum Gasteiger partial charge on any atom is 0.250 e. The number of hydrogen-bond donors (Lipinski definition) is 2. The van der Waals surface area contributed by atoms with E-state index < -0.39 is 5.91 Å². The van der Waals surface area contributed by atoms with Crippen LogP contribution in [0.4, 0.5) is 11.4 Å². The fourth-order valence-electron chi connectivity index (χ4n) is 2.73. The summed E-state index contributed by atoms with van der Waals surface area (Å²) in [4.78, 5) is 13.8. The van der Waals surface area contributed by atoms with Gasteiger partial charge >= 0.3 is 0 Å². The summed E-state index contributed by atoms with van der Waals surface area (Å²) in [5.74, 6) is 0.158. The molecule has 4 N–H and O–H groups in total. The molecule has 1 aliphatic heterocycles. The molecule has 1 aromatic carbocycles. The van der Waals surface area contributed by atoms with Crippen molar-refractivity contribution in [3.05, 3.63) is 22.7 Å². The van der Waals surface area contributed by atoms with Crippen LogP contribution >= 0.6 is 11.6 Å². The summed E-state index contributed by atoms with van der Waals surface area (Å²) in [5.41, 5.74) is 12.8. The average molecular weight is 282 g/mol. The number of nitrogen functional groups attached to an aromatic ring is 1. The summed E-state index contributed by atoms with van der Waals surface area (Å²) in [6.07, 6.45) is 3.47. The molecule has 0 radical (unpaired) electrons. The number of amides is 1. The molecule has 5 heteroatoms. The number of anilines is 2. The van der Waals surface area contributed by atoms with E-state index in [9.17, 15) is 4.79 Å². The van der Waals surface area contributed by atoms with Crippen LogP contribution in [-0.4, -0.2) is 19.0 Å². The van der Waals surface area contributed by atoms with Crippen LogP contribution in [0.25, 0.3) is 0 Å². The third-order valence-electron chi connectivity index (χ3n) is 3.76. The Morgan fingerprint density at radius 3 is 2.89 bits per heavy atom. The maximum absolute atomic E-state index is 11.6. The number of rotatable bonds is 3. The topological polar surface area (TPSA) is 72.3 Å². The highest BCUT2D eigenvalue weighted by molar-refractivity contribution is 6.34. The summed E-state index contributed by atoms with van der Waals surface area (Å²) >= 11 is 6.27. The predicted octanol–water partition coefficient (Wildman–Crippen LogP) is 2.65. The molecule has 19 heavy (non-hydrogen) atoms. The van der Waals surface area contributed by atoms with Crippen molar-refractivity contribution in [2.45, 2.75) is 26.2 Å². The standard InChI is InChI=1S/C14H20ClN3O/c1-2-9-4-3-5-18(8-9)13-11(14(17)19)6-10(16)7-12(13)15/h6-7,9H,2-5,8,16H2,1H3,(H2,17,19). The van der Waals surface area contributed by atoms with Crippen LogP contribution in [-0.2, 0) is 0 Å². The minimum absolute atomic E-state index is 0.418. The Labute approximate surface area is 118 Å². The van der Waals surface area contributed by atoms with Crippen LogP contribution in [0, 0.1) is 5.92 Å². The summed E-state index contributed by atoms with van der Waals surface area (Å²) < 4.78 is 0. The maximum atomic E-state index is 11.6. The number of nitrogens with zero attached hydrogens (tertiary/aromatic N) is 1. The molecule has 1 saturated heterocycles. The number of nitrogens with two attached hydrogens (primary N) is 2. The van der Waals surface area contributed by atoms with E-state index in [1.54, 1.807) is 12.1 Å². The molecule has 0 bridgehead atoms. The van der Waals surface area contributed by atoms with Gasteiger partial charge in [0.25, 0.3) is 5.91 Å². The van der Waals surface area contributed by atoms with Crippen molar-refractivity contribution in [1.82, 2.24) is 0 Å². The van der Waals surface area contributed by atoms with Crippen molar-refractivity contribution in [3.63, 3.8) is 0 Å². The molecule has 104 valence electrons. The van der Waals surface area contributed by atoms with Gasteiger partial charge in [0, 0.05) is 18.8 Å². The number of halogens is 1. The highest BCUT2D eigenvalue weighted by atomic mass is 35.5. The van der Waals surface area contributed by atoms with E-state index in [1.165, 1.54) is 6.42 Å². The molecule has 1 unspecified atom stereocenters. The summed E-state index contributed by atoms with van der Waals surface area (Å²) in [6, 6.07) is 3.29. The van der Waals surface area contributed by atoms with Crippen LogP contribution in [0.2, 0.25) is 5.02 Å². The van der Waals surface area contributed by atoms with Crippen molar-refractivity contribution in [2.75, 3.05) is 23.7 Å². The zero-order valence-electron chi connectivity index (χ0n) is 11.2. The van der Waals surface area contributed by atoms with Crippen molar-refractivity contribution in [3.8, 4) is 0 Å². The van der Waals surface area contributed by atoms with Gasteiger partial charge in [0.05, 0.1) is 16.3 Å². The van der Waals surface area contributed by atoms with Gasteiger partial charge in [0.1, 0.15) is 0 Å². The molecule has 4 nitrogen and oxygen atoms in total. The molecule has 1 fully saturated rings. The normalized spacial score (nSPS) is 19.5. The number of carbonyl (C=O) groups is 1. The lowest BCUT2D eigenvalue weighted by molar-refractivity contribution is 0.100. The van der Waals surface area contributed by atoms with E-state index in [0.29, 0.717) is 22.2 Å². The van der Waals surface area contributed by atoms with E-state index in [4.69, 9.17) is 23.1 Å². The first kappa shape index (κ1) is 14.0. The molecule has 1 atom stereocenters. The number of benzene rings is 1. The summed E-state index contributed by atoms with van der Waals surface area (Å²) in [6.45, 7) is 4.01. The fourth-order valence-corrected chi connectivity index (χ4v) is 3.08. The van der Waals surface area contributed by atoms with Gasteiger partial charge in [-0.2, -0.15) is 0 Å². The highest BCUT2D eigenvalue weighted by Gasteiger charge is 2.24. The molecular weight excluding hydrogens is 262 g/mol. The predicted molar refractivity (Wildman–Crippen MR) is 79.6 cm³/mol. The van der Waals surface area contributed by atoms with Crippen LogP contribution in [0.1, 0.15) is 36.5 Å². The van der Waals surface area contributed by atoms with Crippen LogP contribution in [0.15, 0.2) is 12.1 Å². The summed E-state index contributed by atoms with van der Waals surface area (Å²) in [5, 5.41) is 0.505.